The van der Waals surface area contributed by atoms with Crippen molar-refractivity contribution in [3.05, 3.63) is 23.5 Å². The number of nitrogens with one attached hydrogen (secondary N) is 1. The molecule has 0 radical (unpaired) electrons. The summed E-state index contributed by atoms with van der Waals surface area (Å²) in [7, 11) is 1.91. The second-order valence-electron chi connectivity index (χ2n) is 2.39. The molecule has 1 N–H and O–H groups in total. The van der Waals surface area contributed by atoms with Crippen molar-refractivity contribution < 1.29 is 0 Å². The Balaban J connectivity index is 0.000001000. The standard InChI is InChI=1S/C8H12N2.ClH/c1-6-4-8(9-3)5-7(2)10-6;/h4-5H,1-3H3,(H,9,10);1H. The van der Waals surface area contributed by atoms with Crippen LogP contribution in [0, 0.1) is 13.8 Å². The van der Waals surface area contributed by atoms with Gasteiger partial charge in [0.1, 0.15) is 0 Å². The molecular weight excluding hydrogens is 160 g/mol. The van der Waals surface area contributed by atoms with Crippen molar-refractivity contribution >= 4 is 18.1 Å². The predicted octanol–water partition coefficient (Wildman–Crippen LogP) is 2.16. The molecule has 0 atom stereocenters. The Hall–Kier alpha value is -0.760. The van der Waals surface area contributed by atoms with Crippen LogP contribution in [0.4, 0.5) is 5.69 Å². The number of rotatable bonds is 1. The molecule has 62 valence electrons. The van der Waals surface area contributed by atoms with E-state index in [4.69, 9.17) is 0 Å². The fourth-order valence-electron chi connectivity index (χ4n) is 0.979. The zero-order valence-electron chi connectivity index (χ0n) is 7.01. The van der Waals surface area contributed by atoms with E-state index in [1.165, 1.54) is 0 Å². The lowest BCUT2D eigenvalue weighted by Gasteiger charge is -2.01. The van der Waals surface area contributed by atoms with Gasteiger partial charge in [-0.3, -0.25) is 4.98 Å². The normalized spacial score (nSPS) is 8.64. The lowest BCUT2D eigenvalue weighted by atomic mass is 10.3. The van der Waals surface area contributed by atoms with E-state index >= 15 is 0 Å². The fourth-order valence-corrected chi connectivity index (χ4v) is 0.979. The highest BCUT2D eigenvalue weighted by Gasteiger charge is 1.91. The summed E-state index contributed by atoms with van der Waals surface area (Å²) in [5.74, 6) is 0. The van der Waals surface area contributed by atoms with Gasteiger partial charge in [-0.05, 0) is 26.0 Å². The summed E-state index contributed by atoms with van der Waals surface area (Å²) in [6.07, 6.45) is 0. The topological polar surface area (TPSA) is 24.9 Å². The van der Waals surface area contributed by atoms with E-state index in [2.05, 4.69) is 10.3 Å². The fraction of sp³-hybridized carbons (Fsp3) is 0.375. The number of aromatic nitrogens is 1. The minimum absolute atomic E-state index is 0. The van der Waals surface area contributed by atoms with Crippen molar-refractivity contribution in [2.75, 3.05) is 12.4 Å². The van der Waals surface area contributed by atoms with Gasteiger partial charge in [0, 0.05) is 24.1 Å². The van der Waals surface area contributed by atoms with Gasteiger partial charge >= 0.3 is 0 Å². The Bertz CT molecular complexity index is 215. The largest absolute Gasteiger partial charge is 0.388 e. The Morgan fingerprint density at radius 2 is 1.64 bits per heavy atom. The molecule has 0 amide bonds. The quantitative estimate of drug-likeness (QED) is 0.703. The second kappa shape index (κ2) is 4.19. The van der Waals surface area contributed by atoms with Crippen molar-refractivity contribution in [1.29, 1.82) is 0 Å². The molecule has 0 aliphatic carbocycles. The Morgan fingerprint density at radius 1 is 1.18 bits per heavy atom. The average molecular weight is 173 g/mol. The maximum Gasteiger partial charge on any atom is 0.0396 e. The number of hydrogen-bond donors (Lipinski definition) is 1. The van der Waals surface area contributed by atoms with Gasteiger partial charge in [0.25, 0.3) is 0 Å². The van der Waals surface area contributed by atoms with Crippen LogP contribution in [0.15, 0.2) is 12.1 Å². The van der Waals surface area contributed by atoms with Crippen LogP contribution in [-0.2, 0) is 0 Å². The van der Waals surface area contributed by atoms with Crippen molar-refractivity contribution in [2.45, 2.75) is 13.8 Å². The highest BCUT2D eigenvalue weighted by atomic mass is 35.5. The first-order valence-corrected chi connectivity index (χ1v) is 3.35. The van der Waals surface area contributed by atoms with E-state index < -0.39 is 0 Å². The number of aryl methyl sites for hydroxylation is 2. The van der Waals surface area contributed by atoms with Crippen LogP contribution in [0.1, 0.15) is 11.4 Å². The summed E-state index contributed by atoms with van der Waals surface area (Å²) in [6, 6.07) is 4.04. The van der Waals surface area contributed by atoms with E-state index in [0.29, 0.717) is 0 Å². The maximum absolute atomic E-state index is 4.24. The van der Waals surface area contributed by atoms with Crippen LogP contribution in [0.5, 0.6) is 0 Å². The number of pyridine rings is 1. The second-order valence-corrected chi connectivity index (χ2v) is 2.39. The SMILES string of the molecule is CNc1cc(C)nc(C)c1.Cl. The molecule has 1 rings (SSSR count). The van der Waals surface area contributed by atoms with E-state index in [1.807, 2.05) is 33.0 Å². The van der Waals surface area contributed by atoms with Gasteiger partial charge in [0.15, 0.2) is 0 Å². The van der Waals surface area contributed by atoms with Gasteiger partial charge in [-0.1, -0.05) is 0 Å². The zero-order valence-corrected chi connectivity index (χ0v) is 7.83. The summed E-state index contributed by atoms with van der Waals surface area (Å²) in [6.45, 7) is 3.99. The van der Waals surface area contributed by atoms with Gasteiger partial charge < -0.3 is 5.32 Å². The molecule has 1 heterocycles. The molecule has 3 heteroatoms. The van der Waals surface area contributed by atoms with E-state index in [-0.39, 0.29) is 12.4 Å². The van der Waals surface area contributed by atoms with Crippen molar-refractivity contribution in [3.63, 3.8) is 0 Å². The molecule has 0 unspecified atom stereocenters. The number of anilines is 1. The number of nitrogens with zero attached hydrogens (tertiary/aromatic N) is 1. The predicted molar refractivity (Wildman–Crippen MR) is 50.5 cm³/mol. The van der Waals surface area contributed by atoms with Gasteiger partial charge in [-0.25, -0.2) is 0 Å². The molecule has 1 aromatic rings. The Labute approximate surface area is 73.4 Å². The summed E-state index contributed by atoms with van der Waals surface area (Å²) < 4.78 is 0. The molecule has 0 saturated carbocycles. The van der Waals surface area contributed by atoms with Gasteiger partial charge in [0.05, 0.1) is 0 Å². The molecule has 0 fully saturated rings. The smallest absolute Gasteiger partial charge is 0.0396 e. The lowest BCUT2D eigenvalue weighted by molar-refractivity contribution is 1.12. The third-order valence-corrected chi connectivity index (χ3v) is 1.37. The molecule has 0 saturated heterocycles. The molecule has 0 spiro atoms. The third-order valence-electron chi connectivity index (χ3n) is 1.37. The molecule has 1 aromatic heterocycles. The Morgan fingerprint density at radius 3 is 2.00 bits per heavy atom. The first-order valence-electron chi connectivity index (χ1n) is 3.35. The van der Waals surface area contributed by atoms with Crippen molar-refractivity contribution in [2.24, 2.45) is 0 Å². The van der Waals surface area contributed by atoms with Crippen molar-refractivity contribution in [1.82, 2.24) is 4.98 Å². The molecular formula is C8H13ClN2. The van der Waals surface area contributed by atoms with Gasteiger partial charge in [-0.15, -0.1) is 12.4 Å². The van der Waals surface area contributed by atoms with E-state index in [0.717, 1.165) is 17.1 Å². The van der Waals surface area contributed by atoms with Gasteiger partial charge in [0.2, 0.25) is 0 Å². The lowest BCUT2D eigenvalue weighted by Crippen LogP contribution is -1.92. The van der Waals surface area contributed by atoms with E-state index in [1.54, 1.807) is 0 Å². The first kappa shape index (κ1) is 10.2. The van der Waals surface area contributed by atoms with Crippen LogP contribution < -0.4 is 5.32 Å². The van der Waals surface area contributed by atoms with Crippen LogP contribution in [-0.4, -0.2) is 12.0 Å². The first-order chi connectivity index (χ1) is 4.72. The molecule has 0 aliphatic heterocycles. The molecule has 0 aromatic carbocycles. The van der Waals surface area contributed by atoms with Crippen molar-refractivity contribution in [3.8, 4) is 0 Å². The number of hydrogen-bond acceptors (Lipinski definition) is 2. The molecule has 0 bridgehead atoms. The Kier molecular flexibility index (Phi) is 3.90. The van der Waals surface area contributed by atoms with Crippen LogP contribution in [0.3, 0.4) is 0 Å². The maximum atomic E-state index is 4.24. The number of halogens is 1. The highest BCUT2D eigenvalue weighted by molar-refractivity contribution is 5.85. The third kappa shape index (κ3) is 2.76. The molecule has 0 aliphatic rings. The zero-order chi connectivity index (χ0) is 7.56. The summed E-state index contributed by atoms with van der Waals surface area (Å²) in [4.78, 5) is 4.24. The monoisotopic (exact) mass is 172 g/mol. The average Bonchev–Trinajstić information content (AvgIpc) is 1.85. The summed E-state index contributed by atoms with van der Waals surface area (Å²) in [5, 5.41) is 3.07. The van der Waals surface area contributed by atoms with E-state index in [9.17, 15) is 0 Å². The summed E-state index contributed by atoms with van der Waals surface area (Å²) in [5.41, 5.74) is 3.25. The molecule has 2 nitrogen and oxygen atoms in total. The summed E-state index contributed by atoms with van der Waals surface area (Å²) >= 11 is 0. The highest BCUT2D eigenvalue weighted by Crippen LogP contribution is 2.08. The molecule has 11 heavy (non-hydrogen) atoms. The van der Waals surface area contributed by atoms with Crippen LogP contribution >= 0.6 is 12.4 Å². The minimum Gasteiger partial charge on any atom is -0.388 e. The van der Waals surface area contributed by atoms with Crippen LogP contribution in [0.2, 0.25) is 0 Å². The minimum atomic E-state index is 0. The van der Waals surface area contributed by atoms with Gasteiger partial charge in [-0.2, -0.15) is 0 Å². The van der Waals surface area contributed by atoms with Crippen LogP contribution in [0.25, 0.3) is 0 Å².